The van der Waals surface area contributed by atoms with E-state index in [4.69, 9.17) is 0 Å². The molecule has 1 aromatic heterocycles. The lowest BCUT2D eigenvalue weighted by atomic mass is 9.94. The number of amides is 1. The van der Waals surface area contributed by atoms with E-state index in [9.17, 15) is 4.79 Å². The van der Waals surface area contributed by atoms with Gasteiger partial charge in [0.05, 0.1) is 5.69 Å². The van der Waals surface area contributed by atoms with Crippen LogP contribution < -0.4 is 0 Å². The molecule has 24 heavy (non-hydrogen) atoms. The average molecular weight is 324 g/mol. The summed E-state index contributed by atoms with van der Waals surface area (Å²) < 4.78 is 1.73. The first kappa shape index (κ1) is 15.4. The van der Waals surface area contributed by atoms with Crippen LogP contribution in [0.1, 0.15) is 23.3 Å². The molecule has 0 radical (unpaired) electrons. The first-order valence-corrected chi connectivity index (χ1v) is 8.71. The number of rotatable bonds is 2. The molecule has 0 N–H and O–H groups in total. The van der Waals surface area contributed by atoms with Gasteiger partial charge in [0.25, 0.3) is 5.91 Å². The SMILES string of the molecule is CN1C[C@@H]2CC[C@H](C1)N(C(=O)c1cc(-c3ccccc3)nn1C)C2. The molecule has 1 amide bonds. The second-order valence-corrected chi connectivity index (χ2v) is 7.18. The van der Waals surface area contributed by atoms with Crippen LogP contribution >= 0.6 is 0 Å². The van der Waals surface area contributed by atoms with Crippen molar-refractivity contribution < 1.29 is 4.79 Å². The van der Waals surface area contributed by atoms with E-state index in [2.05, 4.69) is 21.9 Å². The molecule has 0 aliphatic carbocycles. The zero-order valence-corrected chi connectivity index (χ0v) is 14.4. The van der Waals surface area contributed by atoms with Gasteiger partial charge in [-0.1, -0.05) is 30.3 Å². The molecule has 0 saturated carbocycles. The summed E-state index contributed by atoms with van der Waals surface area (Å²) in [6, 6.07) is 12.3. The number of carbonyl (C=O) groups is 1. The van der Waals surface area contributed by atoms with Crippen LogP contribution in [-0.2, 0) is 7.05 Å². The van der Waals surface area contributed by atoms with Gasteiger partial charge in [-0.15, -0.1) is 0 Å². The summed E-state index contributed by atoms with van der Waals surface area (Å²) in [4.78, 5) is 17.6. The lowest BCUT2D eigenvalue weighted by Crippen LogP contribution is -2.47. The summed E-state index contributed by atoms with van der Waals surface area (Å²) in [5.41, 5.74) is 2.59. The van der Waals surface area contributed by atoms with Crippen molar-refractivity contribution in [3.8, 4) is 11.3 Å². The summed E-state index contributed by atoms with van der Waals surface area (Å²) >= 11 is 0. The van der Waals surface area contributed by atoms with Crippen molar-refractivity contribution in [3.05, 3.63) is 42.1 Å². The number of aromatic nitrogens is 2. The number of aryl methyl sites for hydroxylation is 1. The Bertz CT molecular complexity index is 739. The number of likely N-dealkylation sites (N-methyl/N-ethyl adjacent to an activating group) is 1. The summed E-state index contributed by atoms with van der Waals surface area (Å²) in [6.07, 6.45) is 2.35. The van der Waals surface area contributed by atoms with Crippen molar-refractivity contribution in [3.63, 3.8) is 0 Å². The van der Waals surface area contributed by atoms with E-state index in [1.165, 1.54) is 6.42 Å². The van der Waals surface area contributed by atoms with E-state index >= 15 is 0 Å². The van der Waals surface area contributed by atoms with E-state index in [0.29, 0.717) is 17.7 Å². The van der Waals surface area contributed by atoms with Crippen molar-refractivity contribution in [2.45, 2.75) is 18.9 Å². The second-order valence-electron chi connectivity index (χ2n) is 7.18. The van der Waals surface area contributed by atoms with Gasteiger partial charge in [-0.2, -0.15) is 5.10 Å². The van der Waals surface area contributed by atoms with Crippen molar-refractivity contribution in [2.24, 2.45) is 13.0 Å². The summed E-state index contributed by atoms with van der Waals surface area (Å²) in [5.74, 6) is 0.719. The van der Waals surface area contributed by atoms with Crippen LogP contribution in [0.4, 0.5) is 0 Å². The molecule has 3 saturated heterocycles. The summed E-state index contributed by atoms with van der Waals surface area (Å²) in [7, 11) is 4.03. The van der Waals surface area contributed by atoms with Crippen LogP contribution in [0.3, 0.4) is 0 Å². The Hall–Kier alpha value is -2.14. The van der Waals surface area contributed by atoms with Crippen molar-refractivity contribution >= 4 is 5.91 Å². The second kappa shape index (κ2) is 6.06. The average Bonchev–Trinajstić information content (AvgIpc) is 2.78. The molecule has 5 rings (SSSR count). The minimum absolute atomic E-state index is 0.122. The topological polar surface area (TPSA) is 41.4 Å². The molecule has 3 aliphatic heterocycles. The fourth-order valence-corrected chi connectivity index (χ4v) is 4.13. The molecule has 5 nitrogen and oxygen atoms in total. The third-order valence-corrected chi connectivity index (χ3v) is 5.33. The van der Waals surface area contributed by atoms with Crippen molar-refractivity contribution in [1.82, 2.24) is 19.6 Å². The smallest absolute Gasteiger partial charge is 0.272 e. The van der Waals surface area contributed by atoms with Gasteiger partial charge in [-0.3, -0.25) is 9.48 Å². The number of hydrogen-bond acceptors (Lipinski definition) is 3. The maximum atomic E-state index is 13.2. The molecule has 0 spiro atoms. The Balaban J connectivity index is 1.62. The zero-order valence-electron chi connectivity index (χ0n) is 14.4. The van der Waals surface area contributed by atoms with Crippen LogP contribution in [0.2, 0.25) is 0 Å². The van der Waals surface area contributed by atoms with Crippen LogP contribution in [0.5, 0.6) is 0 Å². The minimum atomic E-state index is 0.122. The maximum absolute atomic E-state index is 13.2. The molecule has 3 fully saturated rings. The van der Waals surface area contributed by atoms with Crippen LogP contribution in [0, 0.1) is 5.92 Å². The predicted octanol–water partition coefficient (Wildman–Crippen LogP) is 2.25. The molecule has 4 heterocycles. The quantitative estimate of drug-likeness (QED) is 0.851. The minimum Gasteiger partial charge on any atom is -0.333 e. The highest BCUT2D eigenvalue weighted by Crippen LogP contribution is 2.29. The lowest BCUT2D eigenvalue weighted by molar-refractivity contribution is 0.0575. The Kier molecular flexibility index (Phi) is 3.88. The largest absolute Gasteiger partial charge is 0.333 e. The molecule has 2 bridgehead atoms. The monoisotopic (exact) mass is 324 g/mol. The van der Waals surface area contributed by atoms with E-state index in [-0.39, 0.29) is 5.91 Å². The Morgan fingerprint density at radius 2 is 1.88 bits per heavy atom. The van der Waals surface area contributed by atoms with Crippen LogP contribution in [0.25, 0.3) is 11.3 Å². The molecular weight excluding hydrogens is 300 g/mol. The van der Waals surface area contributed by atoms with Gasteiger partial charge in [-0.25, -0.2) is 0 Å². The molecule has 1 aromatic carbocycles. The summed E-state index contributed by atoms with van der Waals surface area (Å²) in [5, 5.41) is 4.56. The van der Waals surface area contributed by atoms with Gasteiger partial charge in [0.2, 0.25) is 0 Å². The third-order valence-electron chi connectivity index (χ3n) is 5.33. The highest BCUT2D eigenvalue weighted by molar-refractivity contribution is 5.94. The number of benzene rings is 1. The molecule has 5 heteroatoms. The first-order chi connectivity index (χ1) is 11.6. The third kappa shape index (κ3) is 2.73. The molecular formula is C19H24N4O. The summed E-state index contributed by atoms with van der Waals surface area (Å²) in [6.45, 7) is 2.95. The highest BCUT2D eigenvalue weighted by atomic mass is 16.2. The molecule has 2 atom stereocenters. The lowest BCUT2D eigenvalue weighted by Gasteiger charge is -2.36. The number of fused-ring (bicyclic) bond motifs is 4. The maximum Gasteiger partial charge on any atom is 0.272 e. The number of carbonyl (C=O) groups excluding carboxylic acids is 1. The molecule has 3 aliphatic rings. The van der Waals surface area contributed by atoms with E-state index in [0.717, 1.165) is 37.3 Å². The van der Waals surface area contributed by atoms with Gasteiger partial charge < -0.3 is 9.80 Å². The number of hydrogen-bond donors (Lipinski definition) is 0. The van der Waals surface area contributed by atoms with Gasteiger partial charge in [-0.05, 0) is 31.9 Å². The molecule has 0 unspecified atom stereocenters. The van der Waals surface area contributed by atoms with Gasteiger partial charge >= 0.3 is 0 Å². The van der Waals surface area contributed by atoms with E-state index in [1.54, 1.807) is 4.68 Å². The van der Waals surface area contributed by atoms with Crippen LogP contribution in [0.15, 0.2) is 36.4 Å². The Labute approximate surface area is 142 Å². The van der Waals surface area contributed by atoms with Crippen molar-refractivity contribution in [2.75, 3.05) is 26.7 Å². The highest BCUT2D eigenvalue weighted by Gasteiger charge is 2.37. The Morgan fingerprint density at radius 1 is 1.08 bits per heavy atom. The number of piperidine rings is 1. The first-order valence-electron chi connectivity index (χ1n) is 8.71. The van der Waals surface area contributed by atoms with Gasteiger partial charge in [0, 0.05) is 38.3 Å². The molecule has 126 valence electrons. The van der Waals surface area contributed by atoms with Crippen LogP contribution in [-0.4, -0.2) is 58.2 Å². The normalized spacial score (nSPS) is 24.2. The fraction of sp³-hybridized carbons (Fsp3) is 0.474. The van der Waals surface area contributed by atoms with E-state index in [1.807, 2.05) is 43.4 Å². The molecule has 2 aromatic rings. The zero-order chi connectivity index (χ0) is 16.7. The van der Waals surface area contributed by atoms with Gasteiger partial charge in [0.1, 0.15) is 5.69 Å². The van der Waals surface area contributed by atoms with Gasteiger partial charge in [0.15, 0.2) is 0 Å². The predicted molar refractivity (Wildman–Crippen MR) is 93.7 cm³/mol. The number of nitrogens with zero attached hydrogens (tertiary/aromatic N) is 4. The standard InChI is InChI=1S/C19H24N4O/c1-21-11-14-8-9-16(13-21)23(12-14)19(24)18-10-17(20-22(18)2)15-6-4-3-5-7-15/h3-7,10,14,16H,8-9,11-13H2,1-2H3/t14-,16+/m0/s1. The Morgan fingerprint density at radius 3 is 2.67 bits per heavy atom. The van der Waals surface area contributed by atoms with E-state index < -0.39 is 0 Å². The van der Waals surface area contributed by atoms with Crippen molar-refractivity contribution in [1.29, 1.82) is 0 Å². The fourth-order valence-electron chi connectivity index (χ4n) is 4.13.